The molecule has 0 amide bonds. The van der Waals surface area contributed by atoms with Crippen LogP contribution in [-0.4, -0.2) is 34.3 Å². The van der Waals surface area contributed by atoms with Gasteiger partial charge in [-0.15, -0.1) is 0 Å². The first-order chi connectivity index (χ1) is 9.22. The zero-order valence-electron chi connectivity index (χ0n) is 11.7. The third kappa shape index (κ3) is 2.20. The lowest BCUT2D eigenvalue weighted by Crippen LogP contribution is -2.51. The second-order valence-electron chi connectivity index (χ2n) is 6.01. The number of carbonyl (C=O) groups excluding carboxylic acids is 1. The summed E-state index contributed by atoms with van der Waals surface area (Å²) in [5, 5.41) is 0. The highest BCUT2D eigenvalue weighted by molar-refractivity contribution is 6.03. The first kappa shape index (κ1) is 12.8. The number of hydrogen-bond acceptors (Lipinski definition) is 3. The minimum atomic E-state index is -0.216. The molecular formula is C16H22N2O. The van der Waals surface area contributed by atoms with E-state index in [1.807, 2.05) is 19.2 Å². The van der Waals surface area contributed by atoms with Crippen molar-refractivity contribution in [2.45, 2.75) is 51.0 Å². The number of rotatable bonds is 3. The molecule has 0 bridgehead atoms. The summed E-state index contributed by atoms with van der Waals surface area (Å²) in [6, 6.07) is 1.99. The van der Waals surface area contributed by atoms with E-state index in [0.717, 1.165) is 37.1 Å². The van der Waals surface area contributed by atoms with E-state index in [-0.39, 0.29) is 5.54 Å². The molecule has 2 fully saturated rings. The fourth-order valence-corrected chi connectivity index (χ4v) is 3.74. The summed E-state index contributed by atoms with van der Waals surface area (Å²) >= 11 is 0. The zero-order chi connectivity index (χ0) is 13.3. The lowest BCUT2D eigenvalue weighted by atomic mass is 9.86. The molecule has 0 atom stereocenters. The van der Waals surface area contributed by atoms with Crippen LogP contribution < -0.4 is 0 Å². The van der Waals surface area contributed by atoms with Crippen LogP contribution in [0.3, 0.4) is 0 Å². The number of aromatic nitrogens is 1. The monoisotopic (exact) mass is 258 g/mol. The Morgan fingerprint density at radius 1 is 1.16 bits per heavy atom. The lowest BCUT2D eigenvalue weighted by Gasteiger charge is -2.37. The van der Waals surface area contributed by atoms with E-state index in [4.69, 9.17) is 0 Å². The van der Waals surface area contributed by atoms with Crippen LogP contribution in [0.4, 0.5) is 0 Å². The quantitative estimate of drug-likeness (QED) is 0.781. The molecule has 1 aromatic heterocycles. The van der Waals surface area contributed by atoms with E-state index in [0.29, 0.717) is 5.78 Å². The Morgan fingerprint density at radius 3 is 2.47 bits per heavy atom. The topological polar surface area (TPSA) is 33.2 Å². The molecule has 102 valence electrons. The highest BCUT2D eigenvalue weighted by Crippen LogP contribution is 2.39. The van der Waals surface area contributed by atoms with Gasteiger partial charge in [-0.05, 0) is 57.3 Å². The molecule has 0 aromatic carbocycles. The van der Waals surface area contributed by atoms with E-state index >= 15 is 0 Å². The SMILES string of the molecule is Cc1cncc(C(=O)C2(N3CCCC3)CCCC2)c1. The molecule has 1 aliphatic heterocycles. The molecule has 0 unspecified atom stereocenters. The minimum Gasteiger partial charge on any atom is -0.292 e. The van der Waals surface area contributed by atoms with E-state index in [1.54, 1.807) is 6.20 Å². The fraction of sp³-hybridized carbons (Fsp3) is 0.625. The Bertz CT molecular complexity index is 471. The van der Waals surface area contributed by atoms with Gasteiger partial charge in [-0.2, -0.15) is 0 Å². The molecule has 3 heteroatoms. The zero-order valence-corrected chi connectivity index (χ0v) is 11.7. The van der Waals surface area contributed by atoms with Gasteiger partial charge < -0.3 is 0 Å². The van der Waals surface area contributed by atoms with Gasteiger partial charge in [0.1, 0.15) is 0 Å². The smallest absolute Gasteiger partial charge is 0.184 e. The van der Waals surface area contributed by atoms with Gasteiger partial charge in [0.25, 0.3) is 0 Å². The molecule has 3 rings (SSSR count). The Morgan fingerprint density at radius 2 is 1.84 bits per heavy atom. The molecular weight excluding hydrogens is 236 g/mol. The van der Waals surface area contributed by atoms with Crippen molar-refractivity contribution in [1.82, 2.24) is 9.88 Å². The molecule has 0 N–H and O–H groups in total. The molecule has 0 radical (unpaired) electrons. The largest absolute Gasteiger partial charge is 0.292 e. The van der Waals surface area contributed by atoms with Gasteiger partial charge in [0, 0.05) is 18.0 Å². The third-order valence-electron chi connectivity index (χ3n) is 4.70. The van der Waals surface area contributed by atoms with Crippen molar-refractivity contribution >= 4 is 5.78 Å². The molecule has 2 aliphatic rings. The average Bonchev–Trinajstić information content (AvgIpc) is 3.09. The average molecular weight is 258 g/mol. The highest BCUT2D eigenvalue weighted by atomic mass is 16.1. The molecule has 1 saturated carbocycles. The second-order valence-corrected chi connectivity index (χ2v) is 6.01. The van der Waals surface area contributed by atoms with Crippen LogP contribution in [0.1, 0.15) is 54.4 Å². The summed E-state index contributed by atoms with van der Waals surface area (Å²) < 4.78 is 0. The number of nitrogens with zero attached hydrogens (tertiary/aromatic N) is 2. The van der Waals surface area contributed by atoms with Gasteiger partial charge in [-0.3, -0.25) is 14.7 Å². The van der Waals surface area contributed by atoms with E-state index in [9.17, 15) is 4.79 Å². The summed E-state index contributed by atoms with van der Waals surface area (Å²) in [6.45, 7) is 4.18. The van der Waals surface area contributed by atoms with Gasteiger partial charge in [0.2, 0.25) is 0 Å². The van der Waals surface area contributed by atoms with Crippen molar-refractivity contribution in [3.8, 4) is 0 Å². The fourth-order valence-electron chi connectivity index (χ4n) is 3.74. The van der Waals surface area contributed by atoms with Crippen LogP contribution >= 0.6 is 0 Å². The molecule has 1 aliphatic carbocycles. The molecule has 1 aromatic rings. The summed E-state index contributed by atoms with van der Waals surface area (Å²) in [7, 11) is 0. The molecule has 3 nitrogen and oxygen atoms in total. The number of Topliss-reactive ketones (excluding diaryl/α,β-unsaturated/α-hetero) is 1. The first-order valence-corrected chi connectivity index (χ1v) is 7.44. The van der Waals surface area contributed by atoms with Crippen LogP contribution in [-0.2, 0) is 0 Å². The van der Waals surface area contributed by atoms with Gasteiger partial charge in [0.05, 0.1) is 5.54 Å². The Labute approximate surface area is 115 Å². The molecule has 1 saturated heterocycles. The van der Waals surface area contributed by atoms with Gasteiger partial charge in [-0.1, -0.05) is 12.8 Å². The first-order valence-electron chi connectivity index (χ1n) is 7.44. The Balaban J connectivity index is 1.93. The van der Waals surface area contributed by atoms with Crippen molar-refractivity contribution in [2.75, 3.05) is 13.1 Å². The predicted molar refractivity (Wildman–Crippen MR) is 75.3 cm³/mol. The van der Waals surface area contributed by atoms with Crippen LogP contribution in [0, 0.1) is 6.92 Å². The predicted octanol–water partition coefficient (Wildman–Crippen LogP) is 2.98. The third-order valence-corrected chi connectivity index (χ3v) is 4.70. The summed E-state index contributed by atoms with van der Waals surface area (Å²) in [4.78, 5) is 19.7. The lowest BCUT2D eigenvalue weighted by molar-refractivity contribution is 0.0626. The van der Waals surface area contributed by atoms with Crippen LogP contribution in [0.2, 0.25) is 0 Å². The van der Waals surface area contributed by atoms with E-state index < -0.39 is 0 Å². The number of carbonyl (C=O) groups is 1. The molecule has 19 heavy (non-hydrogen) atoms. The van der Waals surface area contributed by atoms with Crippen molar-refractivity contribution in [3.05, 3.63) is 29.6 Å². The number of hydrogen-bond donors (Lipinski definition) is 0. The molecule has 0 spiro atoms. The number of ketones is 1. The number of pyridine rings is 1. The Kier molecular flexibility index (Phi) is 3.40. The maximum absolute atomic E-state index is 13.0. The summed E-state index contributed by atoms with van der Waals surface area (Å²) in [5.74, 6) is 0.308. The maximum Gasteiger partial charge on any atom is 0.184 e. The number of aryl methyl sites for hydroxylation is 1. The van der Waals surface area contributed by atoms with Gasteiger partial charge in [0.15, 0.2) is 5.78 Å². The standard InChI is InChI=1S/C16H22N2O/c1-13-10-14(12-17-11-13)15(19)16(6-2-3-7-16)18-8-4-5-9-18/h10-12H,2-9H2,1H3. The van der Waals surface area contributed by atoms with Crippen LogP contribution in [0.15, 0.2) is 18.5 Å². The Hall–Kier alpha value is -1.22. The highest BCUT2D eigenvalue weighted by Gasteiger charge is 2.46. The number of likely N-dealkylation sites (tertiary alicyclic amines) is 1. The van der Waals surface area contributed by atoms with Crippen molar-refractivity contribution in [2.24, 2.45) is 0 Å². The van der Waals surface area contributed by atoms with Gasteiger partial charge >= 0.3 is 0 Å². The van der Waals surface area contributed by atoms with E-state index in [2.05, 4.69) is 9.88 Å². The maximum atomic E-state index is 13.0. The van der Waals surface area contributed by atoms with E-state index in [1.165, 1.54) is 25.7 Å². The van der Waals surface area contributed by atoms with Crippen LogP contribution in [0.5, 0.6) is 0 Å². The van der Waals surface area contributed by atoms with Crippen molar-refractivity contribution in [1.29, 1.82) is 0 Å². The second kappa shape index (κ2) is 5.04. The van der Waals surface area contributed by atoms with Crippen LogP contribution in [0.25, 0.3) is 0 Å². The van der Waals surface area contributed by atoms with Crippen molar-refractivity contribution in [3.63, 3.8) is 0 Å². The summed E-state index contributed by atoms with van der Waals surface area (Å²) in [5.41, 5.74) is 1.65. The van der Waals surface area contributed by atoms with Crippen molar-refractivity contribution < 1.29 is 4.79 Å². The minimum absolute atomic E-state index is 0.216. The molecule has 2 heterocycles. The van der Waals surface area contributed by atoms with Gasteiger partial charge in [-0.25, -0.2) is 0 Å². The normalized spacial score (nSPS) is 22.8. The summed E-state index contributed by atoms with van der Waals surface area (Å²) in [6.07, 6.45) is 10.4.